The molecule has 0 aromatic rings. The summed E-state index contributed by atoms with van der Waals surface area (Å²) in [5, 5.41) is 0. The molecular weight excluding hydrogens is 152 g/mol. The third-order valence-corrected chi connectivity index (χ3v) is 2.28. The zero-order chi connectivity index (χ0) is 8.97. The van der Waals surface area contributed by atoms with Crippen molar-refractivity contribution in [2.45, 2.75) is 39.5 Å². The van der Waals surface area contributed by atoms with Gasteiger partial charge in [0, 0.05) is 5.57 Å². The molecule has 0 amide bonds. The molecule has 0 fully saturated rings. The molecule has 0 aromatic heterocycles. The van der Waals surface area contributed by atoms with E-state index in [1.165, 1.54) is 5.57 Å². The van der Waals surface area contributed by atoms with Gasteiger partial charge in [0.1, 0.15) is 0 Å². The Morgan fingerprint density at radius 1 is 1.42 bits per heavy atom. The Morgan fingerprint density at radius 3 is 2.75 bits per heavy atom. The molecule has 0 spiro atoms. The Bertz CT molecular complexity index is 204. The third-order valence-electron chi connectivity index (χ3n) is 2.28. The van der Waals surface area contributed by atoms with Gasteiger partial charge in [-0.2, -0.15) is 0 Å². The number of carbonyl (C=O) groups excluding carboxylic acids is 1. The second-order valence-electron chi connectivity index (χ2n) is 3.01. The van der Waals surface area contributed by atoms with Crippen LogP contribution in [0, 0.1) is 0 Å². The van der Waals surface area contributed by atoms with Gasteiger partial charge in [0.25, 0.3) is 0 Å². The van der Waals surface area contributed by atoms with Gasteiger partial charge < -0.3 is 4.74 Å². The van der Waals surface area contributed by atoms with E-state index >= 15 is 0 Å². The molecule has 12 heavy (non-hydrogen) atoms. The average molecular weight is 168 g/mol. The summed E-state index contributed by atoms with van der Waals surface area (Å²) >= 11 is 0. The monoisotopic (exact) mass is 168 g/mol. The van der Waals surface area contributed by atoms with E-state index in [1.807, 2.05) is 6.92 Å². The molecule has 0 atom stereocenters. The Hall–Kier alpha value is -0.790. The first kappa shape index (κ1) is 9.30. The Morgan fingerprint density at radius 2 is 2.17 bits per heavy atom. The van der Waals surface area contributed by atoms with Crippen molar-refractivity contribution in [3.05, 3.63) is 11.1 Å². The highest BCUT2D eigenvalue weighted by molar-refractivity contribution is 5.89. The number of esters is 1. The molecule has 0 aromatic carbocycles. The highest BCUT2D eigenvalue weighted by atomic mass is 16.5. The molecule has 0 unspecified atom stereocenters. The summed E-state index contributed by atoms with van der Waals surface area (Å²) in [6.45, 7) is 4.43. The zero-order valence-corrected chi connectivity index (χ0v) is 7.85. The van der Waals surface area contributed by atoms with Crippen molar-refractivity contribution in [2.75, 3.05) is 6.61 Å². The zero-order valence-electron chi connectivity index (χ0n) is 7.85. The number of allylic oxidation sites excluding steroid dienone is 1. The maximum absolute atomic E-state index is 11.3. The molecule has 0 saturated carbocycles. The maximum Gasteiger partial charge on any atom is 0.333 e. The maximum atomic E-state index is 11.3. The Balaban J connectivity index is 2.65. The first-order chi connectivity index (χ1) is 5.79. The van der Waals surface area contributed by atoms with Gasteiger partial charge >= 0.3 is 5.97 Å². The summed E-state index contributed by atoms with van der Waals surface area (Å²) in [5.41, 5.74) is 2.24. The normalized spacial score (nSPS) is 16.8. The average Bonchev–Trinajstić information content (AvgIpc) is 2.51. The fourth-order valence-corrected chi connectivity index (χ4v) is 1.66. The molecule has 0 radical (unpaired) electrons. The van der Waals surface area contributed by atoms with Gasteiger partial charge in [-0.05, 0) is 32.6 Å². The lowest BCUT2D eigenvalue weighted by atomic mass is 10.1. The summed E-state index contributed by atoms with van der Waals surface area (Å²) in [7, 11) is 0. The van der Waals surface area contributed by atoms with Crippen LogP contribution >= 0.6 is 0 Å². The van der Waals surface area contributed by atoms with Crippen molar-refractivity contribution in [1.82, 2.24) is 0 Å². The fraction of sp³-hybridized carbons (Fsp3) is 0.700. The van der Waals surface area contributed by atoms with Gasteiger partial charge in [-0.15, -0.1) is 0 Å². The van der Waals surface area contributed by atoms with E-state index in [-0.39, 0.29) is 5.97 Å². The number of rotatable bonds is 3. The lowest BCUT2D eigenvalue weighted by Gasteiger charge is -2.04. The lowest BCUT2D eigenvalue weighted by molar-refractivity contribution is -0.138. The van der Waals surface area contributed by atoms with Gasteiger partial charge in [0.05, 0.1) is 6.61 Å². The molecule has 1 rings (SSSR count). The highest BCUT2D eigenvalue weighted by Gasteiger charge is 2.19. The van der Waals surface area contributed by atoms with Gasteiger partial charge in [0.2, 0.25) is 0 Å². The van der Waals surface area contributed by atoms with E-state index in [4.69, 9.17) is 4.74 Å². The second kappa shape index (κ2) is 4.29. The summed E-state index contributed by atoms with van der Waals surface area (Å²) in [5.74, 6) is -0.0909. The van der Waals surface area contributed by atoms with E-state index in [0.29, 0.717) is 6.61 Å². The quantitative estimate of drug-likeness (QED) is 0.605. The van der Waals surface area contributed by atoms with Crippen LogP contribution < -0.4 is 0 Å². The van der Waals surface area contributed by atoms with E-state index in [0.717, 1.165) is 31.3 Å². The molecule has 2 heteroatoms. The lowest BCUT2D eigenvalue weighted by Crippen LogP contribution is -2.07. The molecule has 0 bridgehead atoms. The minimum atomic E-state index is -0.0909. The fourth-order valence-electron chi connectivity index (χ4n) is 1.66. The molecular formula is C10H16O2. The van der Waals surface area contributed by atoms with Crippen molar-refractivity contribution in [3.8, 4) is 0 Å². The van der Waals surface area contributed by atoms with E-state index < -0.39 is 0 Å². The number of carbonyl (C=O) groups is 1. The van der Waals surface area contributed by atoms with Gasteiger partial charge in [-0.25, -0.2) is 4.79 Å². The van der Waals surface area contributed by atoms with Crippen LogP contribution in [-0.2, 0) is 9.53 Å². The van der Waals surface area contributed by atoms with Crippen LogP contribution in [0.2, 0.25) is 0 Å². The standard InChI is InChI=1S/C10H16O2/c1-3-8-6-5-7-9(8)10(11)12-4-2/h3-7H2,1-2H3. The van der Waals surface area contributed by atoms with Gasteiger partial charge in [0.15, 0.2) is 0 Å². The van der Waals surface area contributed by atoms with Gasteiger partial charge in [-0.3, -0.25) is 0 Å². The van der Waals surface area contributed by atoms with Crippen LogP contribution in [0.25, 0.3) is 0 Å². The molecule has 1 aliphatic rings. The predicted molar refractivity (Wildman–Crippen MR) is 47.8 cm³/mol. The van der Waals surface area contributed by atoms with Crippen LogP contribution in [-0.4, -0.2) is 12.6 Å². The van der Waals surface area contributed by atoms with Crippen molar-refractivity contribution in [2.24, 2.45) is 0 Å². The number of hydrogen-bond donors (Lipinski definition) is 0. The van der Waals surface area contributed by atoms with Gasteiger partial charge in [-0.1, -0.05) is 12.5 Å². The van der Waals surface area contributed by atoms with Crippen LogP contribution in [0.15, 0.2) is 11.1 Å². The molecule has 2 nitrogen and oxygen atoms in total. The first-order valence-electron chi connectivity index (χ1n) is 4.67. The molecule has 0 heterocycles. The van der Waals surface area contributed by atoms with E-state index in [1.54, 1.807) is 0 Å². The molecule has 0 N–H and O–H groups in total. The molecule has 1 aliphatic carbocycles. The Labute approximate surface area is 73.6 Å². The van der Waals surface area contributed by atoms with E-state index in [9.17, 15) is 4.79 Å². The summed E-state index contributed by atoms with van der Waals surface area (Å²) in [6, 6.07) is 0. The molecule has 0 aliphatic heterocycles. The van der Waals surface area contributed by atoms with Crippen molar-refractivity contribution < 1.29 is 9.53 Å². The summed E-state index contributed by atoms with van der Waals surface area (Å²) in [4.78, 5) is 11.3. The third kappa shape index (κ3) is 1.87. The van der Waals surface area contributed by atoms with Crippen molar-refractivity contribution in [3.63, 3.8) is 0 Å². The number of hydrogen-bond acceptors (Lipinski definition) is 2. The molecule has 0 saturated heterocycles. The SMILES string of the molecule is CCOC(=O)C1=C(CC)CCC1. The summed E-state index contributed by atoms with van der Waals surface area (Å²) in [6.07, 6.45) is 4.12. The Kier molecular flexibility index (Phi) is 3.32. The largest absolute Gasteiger partial charge is 0.463 e. The van der Waals surface area contributed by atoms with Crippen molar-refractivity contribution >= 4 is 5.97 Å². The summed E-state index contributed by atoms with van der Waals surface area (Å²) < 4.78 is 4.96. The van der Waals surface area contributed by atoms with Crippen LogP contribution in [0.4, 0.5) is 0 Å². The topological polar surface area (TPSA) is 26.3 Å². The number of ether oxygens (including phenoxy) is 1. The molecule has 68 valence electrons. The van der Waals surface area contributed by atoms with Crippen molar-refractivity contribution in [1.29, 1.82) is 0 Å². The van der Waals surface area contributed by atoms with Crippen LogP contribution in [0.3, 0.4) is 0 Å². The highest BCUT2D eigenvalue weighted by Crippen LogP contribution is 2.28. The predicted octanol–water partition coefficient (Wildman–Crippen LogP) is 2.44. The first-order valence-corrected chi connectivity index (χ1v) is 4.67. The van der Waals surface area contributed by atoms with Crippen LogP contribution in [0.1, 0.15) is 39.5 Å². The minimum absolute atomic E-state index is 0.0909. The van der Waals surface area contributed by atoms with Crippen LogP contribution in [0.5, 0.6) is 0 Å². The second-order valence-corrected chi connectivity index (χ2v) is 3.01. The van der Waals surface area contributed by atoms with E-state index in [2.05, 4.69) is 6.92 Å². The smallest absolute Gasteiger partial charge is 0.333 e. The minimum Gasteiger partial charge on any atom is -0.463 e.